The van der Waals surface area contributed by atoms with E-state index in [1.807, 2.05) is 0 Å². The molecule has 2 aromatic heterocycles. The van der Waals surface area contributed by atoms with Crippen LogP contribution in [0, 0.1) is 17.8 Å². The quantitative estimate of drug-likeness (QED) is 0.545. The fourth-order valence-corrected chi connectivity index (χ4v) is 6.97. The molecule has 0 atom stereocenters. The first-order valence-corrected chi connectivity index (χ1v) is 12.2. The van der Waals surface area contributed by atoms with E-state index in [0.29, 0.717) is 29.8 Å². The zero-order valence-electron chi connectivity index (χ0n) is 18.8. The predicted molar refractivity (Wildman–Crippen MR) is 121 cm³/mol. The maximum absolute atomic E-state index is 13.5. The molecule has 0 radical (unpaired) electrons. The van der Waals surface area contributed by atoms with E-state index in [2.05, 4.69) is 17.3 Å². The predicted octanol–water partition coefficient (Wildman–Crippen LogP) is 2.78. The molecule has 8 nitrogen and oxygen atoms in total. The average molecular weight is 443 g/mol. The third-order valence-electron chi connectivity index (χ3n) is 7.91. The normalized spacial score (nSPS) is 28.5. The first kappa shape index (κ1) is 21.5. The Morgan fingerprint density at radius 1 is 1.16 bits per heavy atom. The number of aliphatic hydroxyl groups is 1. The van der Waals surface area contributed by atoms with Gasteiger partial charge < -0.3 is 20.1 Å². The molecule has 8 heteroatoms. The highest BCUT2D eigenvalue weighted by atomic mass is 16.3. The van der Waals surface area contributed by atoms with Crippen molar-refractivity contribution in [2.75, 3.05) is 6.61 Å². The van der Waals surface area contributed by atoms with E-state index in [9.17, 15) is 19.8 Å². The first-order valence-electron chi connectivity index (χ1n) is 12.2. The number of aliphatic hydroxyl groups excluding tert-OH is 1. The summed E-state index contributed by atoms with van der Waals surface area (Å²) in [6.45, 7) is 2.71. The van der Waals surface area contributed by atoms with Crippen LogP contribution in [-0.2, 0) is 13.1 Å². The van der Waals surface area contributed by atoms with Crippen molar-refractivity contribution in [3.05, 3.63) is 22.1 Å². The van der Waals surface area contributed by atoms with Crippen molar-refractivity contribution < 1.29 is 15.0 Å². The molecule has 4 saturated carbocycles. The molecule has 0 aliphatic heterocycles. The number of carbonyl (C=O) groups excluding carboxylic acids is 1. The van der Waals surface area contributed by atoms with Gasteiger partial charge in [-0.25, -0.2) is 0 Å². The van der Waals surface area contributed by atoms with Crippen LogP contribution in [0.1, 0.15) is 75.1 Å². The number of unbranched alkanes of at least 4 members (excludes halogenated alkanes) is 2. The third kappa shape index (κ3) is 3.62. The summed E-state index contributed by atoms with van der Waals surface area (Å²) in [6.07, 6.45) is 11.2. The molecule has 174 valence electrons. The Bertz CT molecular complexity index is 1050. The Kier molecular flexibility index (Phi) is 5.51. The molecule has 0 aromatic carbocycles. The number of pyridine rings is 1. The smallest absolute Gasteiger partial charge is 0.267 e. The topological polar surface area (TPSA) is 109 Å². The molecule has 4 fully saturated rings. The molecule has 4 bridgehead atoms. The van der Waals surface area contributed by atoms with Gasteiger partial charge in [0, 0.05) is 18.3 Å². The van der Waals surface area contributed by atoms with Crippen LogP contribution in [0.2, 0.25) is 0 Å². The van der Waals surface area contributed by atoms with E-state index in [1.54, 1.807) is 10.8 Å². The monoisotopic (exact) mass is 442 g/mol. The number of aromatic nitrogens is 3. The van der Waals surface area contributed by atoms with Gasteiger partial charge in [-0.2, -0.15) is 5.10 Å². The van der Waals surface area contributed by atoms with Crippen LogP contribution in [-0.4, -0.2) is 42.6 Å². The molecule has 4 aliphatic rings. The van der Waals surface area contributed by atoms with Crippen molar-refractivity contribution in [3.63, 3.8) is 0 Å². The van der Waals surface area contributed by atoms with Crippen molar-refractivity contribution in [1.29, 1.82) is 0 Å². The van der Waals surface area contributed by atoms with Gasteiger partial charge in [0.25, 0.3) is 11.5 Å². The van der Waals surface area contributed by atoms with Crippen molar-refractivity contribution in [3.8, 4) is 5.75 Å². The number of nitrogens with zero attached hydrogens (tertiary/aromatic N) is 3. The highest BCUT2D eigenvalue weighted by molar-refractivity contribution is 6.01. The minimum atomic E-state index is -0.475. The summed E-state index contributed by atoms with van der Waals surface area (Å²) in [7, 11) is 0. The van der Waals surface area contributed by atoms with Gasteiger partial charge in [0.1, 0.15) is 5.56 Å². The molecule has 32 heavy (non-hydrogen) atoms. The summed E-state index contributed by atoms with van der Waals surface area (Å²) in [5.74, 6) is 1.17. The van der Waals surface area contributed by atoms with Crippen LogP contribution in [0.15, 0.2) is 11.0 Å². The number of hydrogen-bond acceptors (Lipinski definition) is 5. The SMILES string of the molecule is CCCCCn1c(=O)c(C(=O)NC23CC4CC(CC(C4)C2)C3)c(O)c2nn(CCO)cc21. The van der Waals surface area contributed by atoms with E-state index < -0.39 is 11.5 Å². The van der Waals surface area contributed by atoms with Crippen molar-refractivity contribution in [1.82, 2.24) is 19.7 Å². The summed E-state index contributed by atoms with van der Waals surface area (Å²) in [5, 5.41) is 27.9. The lowest BCUT2D eigenvalue weighted by atomic mass is 9.53. The zero-order valence-corrected chi connectivity index (χ0v) is 18.8. The number of nitrogens with one attached hydrogen (secondary N) is 1. The largest absolute Gasteiger partial charge is 0.505 e. The fourth-order valence-electron chi connectivity index (χ4n) is 6.97. The van der Waals surface area contributed by atoms with Gasteiger partial charge in [0.2, 0.25) is 0 Å². The van der Waals surface area contributed by atoms with Crippen LogP contribution < -0.4 is 10.9 Å². The van der Waals surface area contributed by atoms with E-state index >= 15 is 0 Å². The second-order valence-electron chi connectivity index (χ2n) is 10.4. The minimum absolute atomic E-state index is 0.103. The van der Waals surface area contributed by atoms with Crippen LogP contribution in [0.25, 0.3) is 11.0 Å². The van der Waals surface area contributed by atoms with Crippen LogP contribution in [0.4, 0.5) is 0 Å². The molecular formula is C24H34N4O4. The van der Waals surface area contributed by atoms with Gasteiger partial charge in [0.15, 0.2) is 11.3 Å². The highest BCUT2D eigenvalue weighted by Crippen LogP contribution is 2.55. The average Bonchev–Trinajstić information content (AvgIpc) is 3.13. The molecule has 6 rings (SSSR count). The summed E-state index contributed by atoms with van der Waals surface area (Å²) >= 11 is 0. The number of amides is 1. The fraction of sp³-hybridized carbons (Fsp3) is 0.708. The molecule has 1 amide bonds. The summed E-state index contributed by atoms with van der Waals surface area (Å²) in [5.41, 5.74) is -0.160. The van der Waals surface area contributed by atoms with E-state index in [4.69, 9.17) is 0 Å². The Labute approximate surface area is 187 Å². The Hall–Kier alpha value is -2.35. The van der Waals surface area contributed by atoms with Crippen molar-refractivity contribution >= 4 is 16.9 Å². The van der Waals surface area contributed by atoms with Gasteiger partial charge in [-0.1, -0.05) is 19.8 Å². The van der Waals surface area contributed by atoms with E-state index in [-0.39, 0.29) is 35.5 Å². The molecular weight excluding hydrogens is 408 g/mol. The van der Waals surface area contributed by atoms with E-state index in [0.717, 1.165) is 38.5 Å². The van der Waals surface area contributed by atoms with Gasteiger partial charge >= 0.3 is 0 Å². The summed E-state index contributed by atoms with van der Waals surface area (Å²) < 4.78 is 3.08. The highest BCUT2D eigenvalue weighted by Gasteiger charge is 2.51. The van der Waals surface area contributed by atoms with Gasteiger partial charge in [-0.3, -0.25) is 14.3 Å². The number of aryl methyl sites for hydroxylation is 1. The van der Waals surface area contributed by atoms with Crippen molar-refractivity contribution in [2.24, 2.45) is 17.8 Å². The van der Waals surface area contributed by atoms with E-state index in [1.165, 1.54) is 23.9 Å². The molecule has 0 spiro atoms. The molecule has 4 aliphatic carbocycles. The minimum Gasteiger partial charge on any atom is -0.505 e. The zero-order chi connectivity index (χ0) is 22.5. The molecule has 2 heterocycles. The standard InChI is InChI=1S/C24H34N4O4/c1-2-3-4-5-28-18-14-27(6-7-29)26-20(18)21(30)19(23(28)32)22(31)25-24-11-15-8-16(12-24)10-17(9-15)13-24/h14-17,29-30H,2-13H2,1H3,(H,25,31). The first-order chi connectivity index (χ1) is 15.4. The van der Waals surface area contributed by atoms with Gasteiger partial charge in [0.05, 0.1) is 18.7 Å². The number of rotatable bonds is 8. The Morgan fingerprint density at radius 2 is 1.81 bits per heavy atom. The maximum atomic E-state index is 13.5. The number of aromatic hydroxyl groups is 1. The molecule has 2 aromatic rings. The summed E-state index contributed by atoms with van der Waals surface area (Å²) in [4.78, 5) is 26.9. The molecule has 3 N–H and O–H groups in total. The Balaban J connectivity index is 1.52. The lowest BCUT2D eigenvalue weighted by Gasteiger charge is -2.56. The van der Waals surface area contributed by atoms with Gasteiger partial charge in [-0.15, -0.1) is 0 Å². The van der Waals surface area contributed by atoms with Crippen LogP contribution >= 0.6 is 0 Å². The lowest BCUT2D eigenvalue weighted by molar-refractivity contribution is -0.0167. The molecule has 0 saturated heterocycles. The van der Waals surface area contributed by atoms with Crippen LogP contribution in [0.5, 0.6) is 5.75 Å². The second kappa shape index (κ2) is 8.21. The maximum Gasteiger partial charge on any atom is 0.267 e. The van der Waals surface area contributed by atoms with Crippen LogP contribution in [0.3, 0.4) is 0 Å². The number of hydrogen-bond donors (Lipinski definition) is 3. The third-order valence-corrected chi connectivity index (χ3v) is 7.91. The second-order valence-corrected chi connectivity index (χ2v) is 10.4. The lowest BCUT2D eigenvalue weighted by Crippen LogP contribution is -2.60. The van der Waals surface area contributed by atoms with Crippen molar-refractivity contribution in [2.45, 2.75) is 83.3 Å². The van der Waals surface area contributed by atoms with Gasteiger partial charge in [-0.05, 0) is 62.7 Å². The molecule has 0 unspecified atom stereocenters. The summed E-state index contributed by atoms with van der Waals surface area (Å²) in [6, 6.07) is 0. The number of fused-ring (bicyclic) bond motifs is 1. The number of carbonyl (C=O) groups is 1. The Morgan fingerprint density at radius 3 is 2.41 bits per heavy atom.